The van der Waals surface area contributed by atoms with Gasteiger partial charge in [-0.3, -0.25) is 4.55 Å². The predicted molar refractivity (Wildman–Crippen MR) is 220 cm³/mol. The van der Waals surface area contributed by atoms with Gasteiger partial charge in [0.25, 0.3) is 0 Å². The highest BCUT2D eigenvalue weighted by Gasteiger charge is 2.23. The number of primary amides is 2. The van der Waals surface area contributed by atoms with Crippen LogP contribution in [-0.4, -0.2) is 67.1 Å². The maximum absolute atomic E-state index is 12.5. The molecule has 0 saturated carbocycles. The molecule has 0 heterocycles. The number of urea groups is 2. The molecule has 0 saturated heterocycles. The molecule has 5 rings (SSSR count). The van der Waals surface area contributed by atoms with Gasteiger partial charge in [0, 0.05) is 0 Å². The first-order valence-electron chi connectivity index (χ1n) is 17.2. The van der Waals surface area contributed by atoms with Crippen molar-refractivity contribution in [2.24, 2.45) is 52.4 Å². The second-order valence-electron chi connectivity index (χ2n) is 12.4. The van der Waals surface area contributed by atoms with E-state index in [4.69, 9.17) is 16.0 Å². The largest absolute Gasteiger partial charge is 0.505 e. The molecule has 320 valence electrons. The van der Waals surface area contributed by atoms with Crippen molar-refractivity contribution in [1.82, 2.24) is 0 Å². The van der Waals surface area contributed by atoms with Gasteiger partial charge in [-0.25, -0.2) is 27.0 Å². The third-order valence-electron chi connectivity index (χ3n) is 7.83. The van der Waals surface area contributed by atoms with Crippen molar-refractivity contribution < 1.29 is 55.3 Å². The van der Waals surface area contributed by atoms with Crippen LogP contribution in [0.4, 0.5) is 66.5 Å². The number of amides is 4. The molecule has 0 radical (unpaired) electrons. The summed E-state index contributed by atoms with van der Waals surface area (Å²) in [4.78, 5) is 35.4. The Morgan fingerprint density at radius 2 is 1.08 bits per heavy atom. The molecule has 0 atom stereocenters. The van der Waals surface area contributed by atoms with Gasteiger partial charge in [-0.2, -0.15) is 28.9 Å². The molecule has 24 nitrogen and oxygen atoms in total. The van der Waals surface area contributed by atoms with Gasteiger partial charge in [-0.1, -0.05) is 17.7 Å². The molecule has 0 aromatic heterocycles. The monoisotopic (exact) mass is 888 g/mol. The number of aromatic hydroxyl groups is 2. The third-order valence-corrected chi connectivity index (χ3v) is 9.98. The van der Waals surface area contributed by atoms with Crippen molar-refractivity contribution in [1.29, 1.82) is 0 Å². The van der Waals surface area contributed by atoms with Gasteiger partial charge in [-0.05, 0) is 85.8 Å². The van der Waals surface area contributed by atoms with E-state index in [2.05, 4.69) is 55.7 Å². The molecular formula is C36H32N12O12S2. The van der Waals surface area contributed by atoms with Crippen LogP contribution in [0.15, 0.2) is 137 Å². The molecule has 62 heavy (non-hydrogen) atoms. The van der Waals surface area contributed by atoms with E-state index in [-0.39, 0.29) is 44.7 Å². The molecule has 4 amide bonds. The number of phenolic OH excluding ortho intramolecular Hbond substituents is 2. The Hall–Kier alpha value is -8.07. The van der Waals surface area contributed by atoms with Crippen LogP contribution in [0.1, 0.15) is 15.9 Å². The summed E-state index contributed by atoms with van der Waals surface area (Å²) in [5.41, 5.74) is 10.6. The third kappa shape index (κ3) is 12.5. The number of carboxylic acid groups (broad SMARTS) is 1. The summed E-state index contributed by atoms with van der Waals surface area (Å²) in [6, 6.07) is 18.8. The summed E-state index contributed by atoms with van der Waals surface area (Å²) in [5.74, 6) is -4.11. The molecule has 0 aliphatic carbocycles. The van der Waals surface area contributed by atoms with E-state index in [1.807, 2.05) is 19.1 Å². The van der Waals surface area contributed by atoms with Gasteiger partial charge >= 0.3 is 28.4 Å². The second-order valence-corrected chi connectivity index (χ2v) is 15.6. The summed E-state index contributed by atoms with van der Waals surface area (Å²) >= 11 is 0. The van der Waals surface area contributed by atoms with E-state index in [0.29, 0.717) is 5.69 Å². The molecule has 0 unspecified atom stereocenters. The number of nitrogens with zero attached hydrogens (tertiary/aromatic N) is 8. The number of hydrogen-bond acceptors (Lipinski definition) is 18. The quantitative estimate of drug-likeness (QED) is 0.0342. The zero-order chi connectivity index (χ0) is 45.2. The standard InChI is InChI=1S/C36H32N12O12S2/c1-19-2-4-20(5-3-19)41-45-26-12-8-22(16-28(26)39-35(37)53)43-47-31-25(34(51)52)18-30(49)32(33(31)50)48-44-23-9-13-27(29(17-23)40-36(38)54)46-42-21-6-10-24(11-7-21)61(55,56)15-14-60-62(57,58)59/h2-13,16-18,49-50H,14-15H2,1H3,(H,51,52)(H3,37,39,53)(H3,38,40,54)(H,57,58,59). The van der Waals surface area contributed by atoms with Gasteiger partial charge in [0.15, 0.2) is 21.3 Å². The molecule has 0 aliphatic rings. The van der Waals surface area contributed by atoms with Crippen LogP contribution in [0.3, 0.4) is 0 Å². The summed E-state index contributed by atoms with van der Waals surface area (Å²) in [6.45, 7) is 1.09. The van der Waals surface area contributed by atoms with Crippen molar-refractivity contribution in [3.8, 4) is 11.5 Å². The average Bonchev–Trinajstić information content (AvgIpc) is 3.19. The number of nitrogens with two attached hydrogens (primary N) is 2. The fourth-order valence-electron chi connectivity index (χ4n) is 4.95. The van der Waals surface area contributed by atoms with Crippen molar-refractivity contribution in [2.45, 2.75) is 11.8 Å². The summed E-state index contributed by atoms with van der Waals surface area (Å²) in [5, 5.41) is 68.3. The van der Waals surface area contributed by atoms with Crippen LogP contribution in [0.2, 0.25) is 0 Å². The van der Waals surface area contributed by atoms with E-state index in [9.17, 15) is 46.5 Å². The highest BCUT2D eigenvalue weighted by atomic mass is 32.3. The first-order chi connectivity index (χ1) is 29.3. The van der Waals surface area contributed by atoms with Gasteiger partial charge < -0.3 is 37.4 Å². The molecule has 5 aromatic rings. The number of azo groups is 4. The van der Waals surface area contributed by atoms with E-state index >= 15 is 0 Å². The Kier molecular flexibility index (Phi) is 14.0. The fraction of sp³-hybridized carbons (Fsp3) is 0.0833. The maximum Gasteiger partial charge on any atom is 0.397 e. The van der Waals surface area contributed by atoms with E-state index < -0.39 is 79.1 Å². The zero-order valence-corrected chi connectivity index (χ0v) is 33.3. The number of carboxylic acids is 1. The number of aryl methyl sites for hydroxylation is 1. The average molecular weight is 889 g/mol. The Bertz CT molecular complexity index is 2890. The molecule has 26 heteroatoms. The molecule has 5 aromatic carbocycles. The van der Waals surface area contributed by atoms with Crippen molar-refractivity contribution in [3.05, 3.63) is 102 Å². The van der Waals surface area contributed by atoms with E-state index in [1.54, 1.807) is 12.1 Å². The topological polar surface area (TPSA) is 385 Å². The van der Waals surface area contributed by atoms with Crippen LogP contribution in [-0.2, 0) is 24.4 Å². The minimum absolute atomic E-state index is 0.0152. The smallest absolute Gasteiger partial charge is 0.397 e. The highest BCUT2D eigenvalue weighted by Crippen LogP contribution is 2.47. The Morgan fingerprint density at radius 1 is 0.629 bits per heavy atom. The Balaban J connectivity index is 1.40. The Labute approximate surface area is 350 Å². The first kappa shape index (κ1) is 45.0. The van der Waals surface area contributed by atoms with Crippen LogP contribution in [0, 0.1) is 6.92 Å². The van der Waals surface area contributed by atoms with E-state index in [1.165, 1.54) is 60.7 Å². The Morgan fingerprint density at radius 3 is 1.55 bits per heavy atom. The van der Waals surface area contributed by atoms with E-state index in [0.717, 1.165) is 11.6 Å². The molecule has 0 fully saturated rings. The maximum atomic E-state index is 12.5. The summed E-state index contributed by atoms with van der Waals surface area (Å²) in [6.07, 6.45) is 0. The highest BCUT2D eigenvalue weighted by molar-refractivity contribution is 7.91. The minimum Gasteiger partial charge on any atom is -0.505 e. The number of carbonyl (C=O) groups excluding carboxylic acids is 2. The lowest BCUT2D eigenvalue weighted by Gasteiger charge is -2.09. The summed E-state index contributed by atoms with van der Waals surface area (Å²) < 4.78 is 59.0. The molecule has 0 spiro atoms. The number of sulfone groups is 1. The van der Waals surface area contributed by atoms with Crippen LogP contribution < -0.4 is 22.1 Å². The number of rotatable bonds is 16. The number of benzene rings is 5. The lowest BCUT2D eigenvalue weighted by molar-refractivity contribution is 0.0696. The second kappa shape index (κ2) is 19.3. The van der Waals surface area contributed by atoms with Crippen molar-refractivity contribution >= 4 is 95.1 Å². The minimum atomic E-state index is -4.83. The van der Waals surface area contributed by atoms with Gasteiger partial charge in [-0.15, -0.1) is 20.5 Å². The molecule has 10 N–H and O–H groups in total. The predicted octanol–water partition coefficient (Wildman–Crippen LogP) is 8.34. The number of anilines is 2. The fourth-order valence-corrected chi connectivity index (χ4v) is 6.44. The zero-order valence-electron chi connectivity index (χ0n) is 31.7. The molecule has 0 aliphatic heterocycles. The van der Waals surface area contributed by atoms with Crippen LogP contribution in [0.5, 0.6) is 11.5 Å². The number of phenols is 2. The molecule has 0 bridgehead atoms. The van der Waals surface area contributed by atoms with Crippen molar-refractivity contribution in [2.75, 3.05) is 23.0 Å². The molecular weight excluding hydrogens is 857 g/mol. The number of carbonyl (C=O) groups is 3. The van der Waals surface area contributed by atoms with Gasteiger partial charge in [0.1, 0.15) is 22.8 Å². The van der Waals surface area contributed by atoms with Gasteiger partial charge in [0.05, 0.1) is 56.9 Å². The van der Waals surface area contributed by atoms with Gasteiger partial charge in [0.2, 0.25) is 0 Å². The van der Waals surface area contributed by atoms with Crippen LogP contribution >= 0.6 is 0 Å². The summed E-state index contributed by atoms with van der Waals surface area (Å²) in [7, 11) is -8.83. The number of hydrogen-bond donors (Lipinski definition) is 8. The van der Waals surface area contributed by atoms with Crippen molar-refractivity contribution in [3.63, 3.8) is 0 Å². The first-order valence-corrected chi connectivity index (χ1v) is 20.2. The van der Waals surface area contributed by atoms with Crippen LogP contribution in [0.25, 0.3) is 0 Å². The lowest BCUT2D eigenvalue weighted by atomic mass is 10.1. The number of aromatic carboxylic acids is 1. The lowest BCUT2D eigenvalue weighted by Crippen LogP contribution is -2.19. The SMILES string of the molecule is Cc1ccc(N=Nc2ccc(N=Nc3c(C(=O)O)cc(O)c(N=Nc4ccc(N=Nc5ccc(S(=O)(=O)CCOS(=O)(=O)O)cc5)c(NC(N)=O)c4)c3O)cc2NC(N)=O)cc1. The normalized spacial score (nSPS) is 12.1. The number of nitrogens with one attached hydrogen (secondary N) is 2.